The van der Waals surface area contributed by atoms with Gasteiger partial charge in [0.1, 0.15) is 0 Å². The van der Waals surface area contributed by atoms with Gasteiger partial charge in [-0.1, -0.05) is 6.07 Å². The number of hydrogen-bond donors (Lipinski definition) is 3. The molecule has 0 aromatic heterocycles. The van der Waals surface area contributed by atoms with E-state index in [-0.39, 0.29) is 12.1 Å². The Kier molecular flexibility index (Phi) is 3.01. The van der Waals surface area contributed by atoms with Crippen molar-refractivity contribution in [3.63, 3.8) is 0 Å². The molecule has 0 spiro atoms. The van der Waals surface area contributed by atoms with E-state index < -0.39 is 0 Å². The van der Waals surface area contributed by atoms with E-state index in [4.69, 9.17) is 10.8 Å². The molecule has 0 amide bonds. The van der Waals surface area contributed by atoms with Crippen LogP contribution in [0.2, 0.25) is 0 Å². The molecule has 0 aliphatic carbocycles. The van der Waals surface area contributed by atoms with Crippen LogP contribution in [-0.4, -0.2) is 17.3 Å². The van der Waals surface area contributed by atoms with E-state index in [1.165, 1.54) is 0 Å². The molecule has 0 saturated heterocycles. The molecule has 0 saturated carbocycles. The smallest absolute Gasteiger partial charge is 0.0656 e. The van der Waals surface area contributed by atoms with Gasteiger partial charge in [0.25, 0.3) is 0 Å². The number of nitrogen functional groups attached to an aromatic ring is 1. The van der Waals surface area contributed by atoms with Crippen LogP contribution in [0.4, 0.5) is 11.4 Å². The van der Waals surface area contributed by atoms with Crippen LogP contribution in [0, 0.1) is 6.92 Å². The fourth-order valence-corrected chi connectivity index (χ4v) is 1.15. The van der Waals surface area contributed by atoms with Crippen LogP contribution in [0.5, 0.6) is 0 Å². The van der Waals surface area contributed by atoms with Crippen molar-refractivity contribution in [1.29, 1.82) is 0 Å². The van der Waals surface area contributed by atoms with Gasteiger partial charge in [-0.15, -0.1) is 0 Å². The van der Waals surface area contributed by atoms with Crippen LogP contribution in [0.25, 0.3) is 0 Å². The second-order valence-electron chi connectivity index (χ2n) is 4.24. The lowest BCUT2D eigenvalue weighted by atomic mass is 10.1. The van der Waals surface area contributed by atoms with E-state index >= 15 is 0 Å². The molecule has 4 N–H and O–H groups in total. The predicted molar refractivity (Wildman–Crippen MR) is 60.4 cm³/mol. The van der Waals surface area contributed by atoms with Crippen LogP contribution in [0.15, 0.2) is 18.2 Å². The second-order valence-corrected chi connectivity index (χ2v) is 4.24. The number of benzene rings is 1. The molecule has 1 aromatic carbocycles. The number of rotatable bonds is 3. The van der Waals surface area contributed by atoms with E-state index in [9.17, 15) is 0 Å². The molecule has 0 radical (unpaired) electrons. The molecule has 0 unspecified atom stereocenters. The summed E-state index contributed by atoms with van der Waals surface area (Å²) in [6.45, 7) is 5.92. The first-order valence-corrected chi connectivity index (χ1v) is 4.70. The first-order valence-electron chi connectivity index (χ1n) is 4.70. The zero-order valence-corrected chi connectivity index (χ0v) is 8.96. The average Bonchev–Trinajstić information content (AvgIpc) is 2.11. The molecule has 0 fully saturated rings. The van der Waals surface area contributed by atoms with Crippen molar-refractivity contribution in [2.75, 3.05) is 17.7 Å². The lowest BCUT2D eigenvalue weighted by Crippen LogP contribution is -2.34. The first kappa shape index (κ1) is 10.9. The van der Waals surface area contributed by atoms with Gasteiger partial charge in [0, 0.05) is 11.4 Å². The normalized spacial score (nSPS) is 11.4. The van der Waals surface area contributed by atoms with Crippen molar-refractivity contribution >= 4 is 11.4 Å². The Morgan fingerprint density at radius 1 is 1.43 bits per heavy atom. The van der Waals surface area contributed by atoms with Gasteiger partial charge in [0.15, 0.2) is 0 Å². The highest BCUT2D eigenvalue weighted by Gasteiger charge is 2.15. The maximum Gasteiger partial charge on any atom is 0.0656 e. The highest BCUT2D eigenvalue weighted by Crippen LogP contribution is 2.20. The molecule has 0 atom stereocenters. The monoisotopic (exact) mass is 194 g/mol. The Balaban J connectivity index is 2.83. The highest BCUT2D eigenvalue weighted by molar-refractivity contribution is 5.59. The summed E-state index contributed by atoms with van der Waals surface area (Å²) >= 11 is 0. The quantitative estimate of drug-likeness (QED) is 0.643. The maximum absolute atomic E-state index is 9.09. The van der Waals surface area contributed by atoms with Gasteiger partial charge in [-0.25, -0.2) is 0 Å². The standard InChI is InChI=1S/C11H18N2O/c1-8-4-5-9(6-10(8)12)13-11(2,3)7-14/h4-6,13-14H,7,12H2,1-3H3. The molecule has 14 heavy (non-hydrogen) atoms. The predicted octanol–water partition coefficient (Wildman–Crippen LogP) is 1.76. The Hall–Kier alpha value is -1.22. The van der Waals surface area contributed by atoms with Gasteiger partial charge in [0.05, 0.1) is 12.1 Å². The Morgan fingerprint density at radius 3 is 2.57 bits per heavy atom. The number of hydrogen-bond acceptors (Lipinski definition) is 3. The summed E-state index contributed by atoms with van der Waals surface area (Å²) in [6.07, 6.45) is 0. The molecular formula is C11H18N2O. The van der Waals surface area contributed by atoms with Crippen molar-refractivity contribution in [2.45, 2.75) is 26.3 Å². The second kappa shape index (κ2) is 3.88. The molecule has 0 aliphatic heterocycles. The SMILES string of the molecule is Cc1ccc(NC(C)(C)CO)cc1N. The molecule has 0 heterocycles. The molecular weight excluding hydrogens is 176 g/mol. The van der Waals surface area contributed by atoms with Crippen molar-refractivity contribution in [1.82, 2.24) is 0 Å². The highest BCUT2D eigenvalue weighted by atomic mass is 16.3. The van der Waals surface area contributed by atoms with Crippen LogP contribution < -0.4 is 11.1 Å². The first-order chi connectivity index (χ1) is 6.44. The average molecular weight is 194 g/mol. The third kappa shape index (κ3) is 2.64. The van der Waals surface area contributed by atoms with Gasteiger partial charge in [0.2, 0.25) is 0 Å². The van der Waals surface area contributed by atoms with E-state index in [2.05, 4.69) is 5.32 Å². The van der Waals surface area contributed by atoms with E-state index in [1.807, 2.05) is 39.0 Å². The number of aliphatic hydroxyl groups is 1. The minimum Gasteiger partial charge on any atom is -0.398 e. The summed E-state index contributed by atoms with van der Waals surface area (Å²) in [7, 11) is 0. The zero-order valence-electron chi connectivity index (χ0n) is 8.96. The lowest BCUT2D eigenvalue weighted by molar-refractivity contribution is 0.234. The Labute approximate surface area is 84.9 Å². The fraction of sp³-hybridized carbons (Fsp3) is 0.455. The lowest BCUT2D eigenvalue weighted by Gasteiger charge is -2.25. The van der Waals surface area contributed by atoms with Crippen LogP contribution in [0.1, 0.15) is 19.4 Å². The van der Waals surface area contributed by atoms with Crippen molar-refractivity contribution in [3.8, 4) is 0 Å². The number of nitrogens with one attached hydrogen (secondary N) is 1. The molecule has 1 aromatic rings. The molecule has 0 bridgehead atoms. The third-order valence-electron chi connectivity index (χ3n) is 2.16. The number of aryl methyl sites for hydroxylation is 1. The van der Waals surface area contributed by atoms with Gasteiger partial charge in [-0.3, -0.25) is 0 Å². The number of anilines is 2. The zero-order chi connectivity index (χ0) is 10.8. The van der Waals surface area contributed by atoms with Crippen LogP contribution in [0.3, 0.4) is 0 Å². The van der Waals surface area contributed by atoms with E-state index in [0.29, 0.717) is 0 Å². The van der Waals surface area contributed by atoms with E-state index in [0.717, 1.165) is 16.9 Å². The largest absolute Gasteiger partial charge is 0.398 e. The Bertz CT molecular complexity index is 321. The molecule has 78 valence electrons. The molecule has 3 heteroatoms. The van der Waals surface area contributed by atoms with Crippen molar-refractivity contribution in [2.24, 2.45) is 0 Å². The maximum atomic E-state index is 9.09. The Morgan fingerprint density at radius 2 is 2.07 bits per heavy atom. The van der Waals surface area contributed by atoms with Gasteiger partial charge in [-0.2, -0.15) is 0 Å². The number of nitrogens with two attached hydrogens (primary N) is 1. The van der Waals surface area contributed by atoms with Crippen LogP contribution >= 0.6 is 0 Å². The number of aliphatic hydroxyl groups excluding tert-OH is 1. The summed E-state index contributed by atoms with van der Waals surface area (Å²) < 4.78 is 0. The van der Waals surface area contributed by atoms with Crippen LogP contribution in [-0.2, 0) is 0 Å². The summed E-state index contributed by atoms with van der Waals surface area (Å²) in [5.41, 5.74) is 8.23. The molecule has 3 nitrogen and oxygen atoms in total. The summed E-state index contributed by atoms with van der Waals surface area (Å²) in [4.78, 5) is 0. The minimum absolute atomic E-state index is 0.0841. The van der Waals surface area contributed by atoms with E-state index in [1.54, 1.807) is 0 Å². The molecule has 0 aliphatic rings. The topological polar surface area (TPSA) is 58.3 Å². The van der Waals surface area contributed by atoms with Crippen molar-refractivity contribution < 1.29 is 5.11 Å². The summed E-state index contributed by atoms with van der Waals surface area (Å²) in [5, 5.41) is 12.3. The third-order valence-corrected chi connectivity index (χ3v) is 2.16. The van der Waals surface area contributed by atoms with Crippen molar-refractivity contribution in [3.05, 3.63) is 23.8 Å². The molecule has 1 rings (SSSR count). The minimum atomic E-state index is -0.318. The van der Waals surface area contributed by atoms with Gasteiger partial charge in [-0.05, 0) is 38.5 Å². The summed E-state index contributed by atoms with van der Waals surface area (Å²) in [5.74, 6) is 0. The van der Waals surface area contributed by atoms with Gasteiger partial charge < -0.3 is 16.2 Å². The van der Waals surface area contributed by atoms with Gasteiger partial charge >= 0.3 is 0 Å². The fourth-order valence-electron chi connectivity index (χ4n) is 1.15. The summed E-state index contributed by atoms with van der Waals surface area (Å²) in [6, 6.07) is 5.81.